The summed E-state index contributed by atoms with van der Waals surface area (Å²) in [5.41, 5.74) is 2.83. The van der Waals surface area contributed by atoms with E-state index in [0.29, 0.717) is 19.2 Å². The van der Waals surface area contributed by atoms with Gasteiger partial charge in [-0.1, -0.05) is 18.2 Å². The van der Waals surface area contributed by atoms with Crippen molar-refractivity contribution in [3.63, 3.8) is 0 Å². The maximum Gasteiger partial charge on any atom is 0.181 e. The molecule has 2 aromatic carbocycles. The number of hydrogen-bond acceptors (Lipinski definition) is 4. The van der Waals surface area contributed by atoms with Gasteiger partial charge in [-0.15, -0.1) is 5.10 Å². The van der Waals surface area contributed by atoms with E-state index in [2.05, 4.69) is 12.0 Å². The van der Waals surface area contributed by atoms with Gasteiger partial charge in [-0.2, -0.15) is 0 Å². The number of aromatic nitrogens is 3. The van der Waals surface area contributed by atoms with Crippen LogP contribution >= 0.6 is 0 Å². The molecular weight excluding hydrogens is 302 g/mol. The molecule has 5 heteroatoms. The standard InChI is InChI=1S/C19H20N3O2/c1-4-24-13-22-19(16-7-5-6-14(2)12-16)20-18(21-22)15-8-10-17(23-3)11-9-15/h5-12H,2,4,13H2,1,3H3. The van der Waals surface area contributed by atoms with Crippen molar-refractivity contribution >= 4 is 0 Å². The van der Waals surface area contributed by atoms with E-state index < -0.39 is 0 Å². The fraction of sp³-hybridized carbons (Fsp3) is 0.211. The fourth-order valence-corrected chi connectivity index (χ4v) is 2.40. The minimum absolute atomic E-state index is 0.357. The van der Waals surface area contributed by atoms with Crippen LogP contribution in [0, 0.1) is 6.92 Å². The molecule has 1 heterocycles. The second-order valence-corrected chi connectivity index (χ2v) is 5.31. The number of methoxy groups -OCH3 is 1. The van der Waals surface area contributed by atoms with Crippen molar-refractivity contribution in [2.75, 3.05) is 13.7 Å². The van der Waals surface area contributed by atoms with Gasteiger partial charge in [0.15, 0.2) is 11.6 Å². The number of ether oxygens (including phenoxy) is 2. The third-order valence-corrected chi connectivity index (χ3v) is 3.62. The highest BCUT2D eigenvalue weighted by atomic mass is 16.5. The average molecular weight is 322 g/mol. The Labute approximate surface area is 141 Å². The van der Waals surface area contributed by atoms with E-state index in [4.69, 9.17) is 14.5 Å². The highest BCUT2D eigenvalue weighted by molar-refractivity contribution is 5.63. The largest absolute Gasteiger partial charge is 0.497 e. The molecule has 1 radical (unpaired) electrons. The van der Waals surface area contributed by atoms with Crippen LogP contribution in [0.15, 0.2) is 48.5 Å². The van der Waals surface area contributed by atoms with Crippen molar-refractivity contribution in [3.05, 3.63) is 61.0 Å². The highest BCUT2D eigenvalue weighted by Gasteiger charge is 2.14. The van der Waals surface area contributed by atoms with Crippen LogP contribution in [-0.2, 0) is 11.5 Å². The predicted molar refractivity (Wildman–Crippen MR) is 93.5 cm³/mol. The van der Waals surface area contributed by atoms with Gasteiger partial charge >= 0.3 is 0 Å². The van der Waals surface area contributed by atoms with Gasteiger partial charge in [0.05, 0.1) is 7.11 Å². The quantitative estimate of drug-likeness (QED) is 0.692. The van der Waals surface area contributed by atoms with E-state index >= 15 is 0 Å². The normalized spacial score (nSPS) is 10.8. The van der Waals surface area contributed by atoms with Crippen molar-refractivity contribution in [2.45, 2.75) is 13.7 Å². The third-order valence-electron chi connectivity index (χ3n) is 3.62. The molecule has 0 unspecified atom stereocenters. The van der Waals surface area contributed by atoms with Crippen LogP contribution in [0.25, 0.3) is 22.8 Å². The molecule has 0 aliphatic heterocycles. The predicted octanol–water partition coefficient (Wildman–Crippen LogP) is 3.80. The Morgan fingerprint density at radius 2 is 1.88 bits per heavy atom. The summed E-state index contributed by atoms with van der Waals surface area (Å²) >= 11 is 0. The molecule has 0 aliphatic rings. The SMILES string of the molecule is [CH2]c1cccc(-c2nc(-c3ccc(OC)cc3)nn2COCC)c1. The topological polar surface area (TPSA) is 49.2 Å². The van der Waals surface area contributed by atoms with E-state index in [1.54, 1.807) is 11.8 Å². The molecule has 0 aliphatic carbocycles. The molecule has 0 amide bonds. The zero-order chi connectivity index (χ0) is 16.9. The smallest absolute Gasteiger partial charge is 0.181 e. The van der Waals surface area contributed by atoms with Gasteiger partial charge in [0, 0.05) is 17.7 Å². The molecule has 0 saturated carbocycles. The minimum Gasteiger partial charge on any atom is -0.497 e. The molecule has 24 heavy (non-hydrogen) atoms. The van der Waals surface area contributed by atoms with E-state index in [9.17, 15) is 0 Å². The van der Waals surface area contributed by atoms with E-state index in [-0.39, 0.29) is 0 Å². The molecule has 3 aromatic rings. The van der Waals surface area contributed by atoms with Gasteiger partial charge in [-0.25, -0.2) is 9.67 Å². The maximum atomic E-state index is 5.52. The Bertz CT molecular complexity index is 810. The Kier molecular flexibility index (Phi) is 4.91. The molecule has 0 atom stereocenters. The third kappa shape index (κ3) is 3.46. The molecule has 1 aromatic heterocycles. The molecular formula is C19H20N3O2. The summed E-state index contributed by atoms with van der Waals surface area (Å²) < 4.78 is 12.5. The van der Waals surface area contributed by atoms with Crippen molar-refractivity contribution in [1.29, 1.82) is 0 Å². The Morgan fingerprint density at radius 3 is 2.54 bits per heavy atom. The molecule has 0 saturated heterocycles. The summed E-state index contributed by atoms with van der Waals surface area (Å²) in [5, 5.41) is 4.60. The lowest BCUT2D eigenvalue weighted by Crippen LogP contribution is -2.06. The number of nitrogens with zero attached hydrogens (tertiary/aromatic N) is 3. The van der Waals surface area contributed by atoms with Crippen LogP contribution in [0.1, 0.15) is 12.5 Å². The first-order chi connectivity index (χ1) is 11.7. The number of benzene rings is 2. The van der Waals surface area contributed by atoms with Gasteiger partial charge in [0.2, 0.25) is 0 Å². The van der Waals surface area contributed by atoms with Gasteiger partial charge in [-0.05, 0) is 49.7 Å². The lowest BCUT2D eigenvalue weighted by atomic mass is 10.1. The molecule has 0 spiro atoms. The Balaban J connectivity index is 2.01. The zero-order valence-corrected chi connectivity index (χ0v) is 13.9. The molecule has 0 N–H and O–H groups in total. The summed E-state index contributed by atoms with van der Waals surface area (Å²) in [5.74, 6) is 2.22. The van der Waals surface area contributed by atoms with Gasteiger partial charge in [-0.3, -0.25) is 0 Å². The summed E-state index contributed by atoms with van der Waals surface area (Å²) in [7, 11) is 1.65. The van der Waals surface area contributed by atoms with Gasteiger partial charge < -0.3 is 9.47 Å². The van der Waals surface area contributed by atoms with Crippen LogP contribution in [0.2, 0.25) is 0 Å². The molecule has 3 rings (SSSR count). The Hall–Kier alpha value is -2.66. The summed E-state index contributed by atoms with van der Waals surface area (Å²) in [6, 6.07) is 15.6. The summed E-state index contributed by atoms with van der Waals surface area (Å²) in [4.78, 5) is 4.70. The fourth-order valence-electron chi connectivity index (χ4n) is 2.40. The van der Waals surface area contributed by atoms with Gasteiger partial charge in [0.25, 0.3) is 0 Å². The van der Waals surface area contributed by atoms with Crippen LogP contribution in [0.3, 0.4) is 0 Å². The van der Waals surface area contributed by atoms with Crippen LogP contribution in [-0.4, -0.2) is 28.5 Å². The van der Waals surface area contributed by atoms with E-state index in [1.807, 2.05) is 55.5 Å². The first-order valence-electron chi connectivity index (χ1n) is 7.80. The first-order valence-corrected chi connectivity index (χ1v) is 7.80. The average Bonchev–Trinajstić information content (AvgIpc) is 3.04. The lowest BCUT2D eigenvalue weighted by molar-refractivity contribution is 0.0803. The van der Waals surface area contributed by atoms with Crippen molar-refractivity contribution in [3.8, 4) is 28.5 Å². The summed E-state index contributed by atoms with van der Waals surface area (Å²) in [6.45, 7) is 6.91. The minimum atomic E-state index is 0.357. The first kappa shape index (κ1) is 16.2. The van der Waals surface area contributed by atoms with E-state index in [1.165, 1.54) is 0 Å². The van der Waals surface area contributed by atoms with Crippen molar-refractivity contribution < 1.29 is 9.47 Å². The van der Waals surface area contributed by atoms with Crippen LogP contribution in [0.4, 0.5) is 0 Å². The monoisotopic (exact) mass is 322 g/mol. The number of rotatable bonds is 6. The number of hydrogen-bond donors (Lipinski definition) is 0. The van der Waals surface area contributed by atoms with Gasteiger partial charge in [0.1, 0.15) is 12.5 Å². The summed E-state index contributed by atoms with van der Waals surface area (Å²) in [6.07, 6.45) is 0. The zero-order valence-electron chi connectivity index (χ0n) is 13.9. The van der Waals surface area contributed by atoms with Crippen molar-refractivity contribution in [2.24, 2.45) is 0 Å². The molecule has 0 bridgehead atoms. The van der Waals surface area contributed by atoms with E-state index in [0.717, 1.165) is 28.3 Å². The molecule has 0 fully saturated rings. The second kappa shape index (κ2) is 7.27. The maximum absolute atomic E-state index is 5.52. The van der Waals surface area contributed by atoms with Crippen LogP contribution in [0.5, 0.6) is 5.75 Å². The highest BCUT2D eigenvalue weighted by Crippen LogP contribution is 2.24. The second-order valence-electron chi connectivity index (χ2n) is 5.31. The lowest BCUT2D eigenvalue weighted by Gasteiger charge is -2.06. The van der Waals surface area contributed by atoms with Crippen LogP contribution < -0.4 is 4.74 Å². The molecule has 5 nitrogen and oxygen atoms in total. The molecule has 123 valence electrons. The van der Waals surface area contributed by atoms with Crippen molar-refractivity contribution in [1.82, 2.24) is 14.8 Å². The Morgan fingerprint density at radius 1 is 1.08 bits per heavy atom.